The number of alkyl halides is 1. The number of halogens is 1. The van der Waals surface area contributed by atoms with Gasteiger partial charge in [-0.05, 0) is 35.6 Å². The predicted octanol–water partition coefficient (Wildman–Crippen LogP) is 4.66. The molecule has 0 spiro atoms. The van der Waals surface area contributed by atoms with E-state index in [2.05, 4.69) is 5.10 Å². The number of hydrogen-bond acceptors (Lipinski definition) is 5. The number of carboxylic acid groups (broad SMARTS) is 1. The summed E-state index contributed by atoms with van der Waals surface area (Å²) in [6.45, 7) is 1.79. The molecule has 0 saturated carbocycles. The van der Waals surface area contributed by atoms with Crippen LogP contribution in [0.3, 0.4) is 0 Å². The second kappa shape index (κ2) is 7.53. The zero-order chi connectivity index (χ0) is 18.7. The summed E-state index contributed by atoms with van der Waals surface area (Å²) >= 11 is 1.09. The fraction of sp³-hybridized carbons (Fsp3) is 0.158. The fourth-order valence-electron chi connectivity index (χ4n) is 2.58. The van der Waals surface area contributed by atoms with Gasteiger partial charge in [-0.3, -0.25) is 0 Å². The van der Waals surface area contributed by atoms with Crippen molar-refractivity contribution >= 4 is 33.3 Å². The van der Waals surface area contributed by atoms with E-state index in [4.69, 9.17) is 15.7 Å². The van der Waals surface area contributed by atoms with Gasteiger partial charge in [-0.25, -0.2) is 9.18 Å². The van der Waals surface area contributed by atoms with E-state index in [9.17, 15) is 9.18 Å². The van der Waals surface area contributed by atoms with Crippen LogP contribution in [-0.4, -0.2) is 17.0 Å². The normalized spacial score (nSPS) is 14.2. The van der Waals surface area contributed by atoms with E-state index in [-0.39, 0.29) is 10.8 Å². The van der Waals surface area contributed by atoms with Crippen LogP contribution in [0.25, 0.3) is 10.1 Å². The van der Waals surface area contributed by atoms with Gasteiger partial charge in [-0.15, -0.1) is 16.4 Å². The minimum atomic E-state index is -1.65. The molecule has 7 heteroatoms. The van der Waals surface area contributed by atoms with E-state index in [1.165, 1.54) is 0 Å². The molecule has 3 rings (SSSR count). The quantitative estimate of drug-likeness (QED) is 0.295. The SMILES string of the molecule is CC(O/C(=N\N)C(F)c1ccc2cc(C(=O)O)sc2c1)c1ccccc1. The van der Waals surface area contributed by atoms with Crippen molar-refractivity contribution in [1.82, 2.24) is 0 Å². The van der Waals surface area contributed by atoms with Gasteiger partial charge in [0.25, 0.3) is 0 Å². The molecule has 134 valence electrons. The molecule has 0 saturated heterocycles. The van der Waals surface area contributed by atoms with Crippen LogP contribution in [0.1, 0.15) is 40.0 Å². The number of fused-ring (bicyclic) bond motifs is 1. The molecule has 1 heterocycles. The molecular formula is C19H17FN2O3S. The van der Waals surface area contributed by atoms with Crippen LogP contribution in [0, 0.1) is 0 Å². The van der Waals surface area contributed by atoms with Gasteiger partial charge in [0.05, 0.1) is 0 Å². The molecule has 5 nitrogen and oxygen atoms in total. The first-order valence-electron chi connectivity index (χ1n) is 7.90. The third-order valence-corrected chi connectivity index (χ3v) is 5.04. The van der Waals surface area contributed by atoms with E-state index < -0.39 is 18.2 Å². The summed E-state index contributed by atoms with van der Waals surface area (Å²) in [5, 5.41) is 13.3. The van der Waals surface area contributed by atoms with E-state index >= 15 is 0 Å². The minimum Gasteiger partial charge on any atom is -0.477 e. The maximum absolute atomic E-state index is 14.9. The molecule has 0 aliphatic heterocycles. The lowest BCUT2D eigenvalue weighted by atomic mass is 10.1. The number of hydrazone groups is 1. The first-order valence-corrected chi connectivity index (χ1v) is 8.71. The Hall–Kier alpha value is -2.93. The van der Waals surface area contributed by atoms with Crippen molar-refractivity contribution in [3.05, 3.63) is 70.6 Å². The van der Waals surface area contributed by atoms with Crippen LogP contribution < -0.4 is 5.84 Å². The lowest BCUT2D eigenvalue weighted by Crippen LogP contribution is -2.17. The zero-order valence-electron chi connectivity index (χ0n) is 13.9. The number of ether oxygens (including phenoxy) is 1. The van der Waals surface area contributed by atoms with E-state index in [1.807, 2.05) is 30.3 Å². The topological polar surface area (TPSA) is 84.9 Å². The lowest BCUT2D eigenvalue weighted by molar-refractivity contribution is 0.0702. The van der Waals surface area contributed by atoms with Gasteiger partial charge in [0.15, 0.2) is 0 Å². The van der Waals surface area contributed by atoms with E-state index in [0.717, 1.165) is 22.3 Å². The van der Waals surface area contributed by atoms with Crippen molar-refractivity contribution in [3.63, 3.8) is 0 Å². The summed E-state index contributed by atoms with van der Waals surface area (Å²) in [6, 6.07) is 15.8. The molecule has 2 atom stereocenters. The Balaban J connectivity index is 1.83. The number of carbonyl (C=O) groups is 1. The fourth-order valence-corrected chi connectivity index (χ4v) is 3.53. The predicted molar refractivity (Wildman–Crippen MR) is 100 cm³/mol. The second-order valence-electron chi connectivity index (χ2n) is 5.71. The lowest BCUT2D eigenvalue weighted by Gasteiger charge is -2.18. The molecule has 0 aliphatic carbocycles. The average molecular weight is 372 g/mol. The molecule has 0 amide bonds. The Bertz CT molecular complexity index is 956. The molecular weight excluding hydrogens is 355 g/mol. The molecule has 0 aliphatic rings. The van der Waals surface area contributed by atoms with Crippen molar-refractivity contribution in [3.8, 4) is 0 Å². The standard InChI is InChI=1S/C19H17FN2O3S/c1-11(12-5-3-2-4-6-12)25-18(22-21)17(20)14-8-7-13-9-16(19(23)24)26-15(13)10-14/h2-11,17H,21H2,1H3,(H,23,24)/b22-18-. The highest BCUT2D eigenvalue weighted by Crippen LogP contribution is 2.31. The van der Waals surface area contributed by atoms with Gasteiger partial charge in [-0.2, -0.15) is 0 Å². The molecule has 0 bridgehead atoms. The van der Waals surface area contributed by atoms with Gasteiger partial charge in [0.1, 0.15) is 11.0 Å². The highest BCUT2D eigenvalue weighted by Gasteiger charge is 2.23. The summed E-state index contributed by atoms with van der Waals surface area (Å²) in [7, 11) is 0. The summed E-state index contributed by atoms with van der Waals surface area (Å²) in [4.78, 5) is 11.3. The van der Waals surface area contributed by atoms with Crippen molar-refractivity contribution in [2.24, 2.45) is 10.9 Å². The third-order valence-electron chi connectivity index (χ3n) is 3.96. The van der Waals surface area contributed by atoms with Gasteiger partial charge >= 0.3 is 5.97 Å². The van der Waals surface area contributed by atoms with Crippen LogP contribution in [0.5, 0.6) is 0 Å². The highest BCUT2D eigenvalue weighted by atomic mass is 32.1. The van der Waals surface area contributed by atoms with Crippen molar-refractivity contribution < 1.29 is 19.0 Å². The van der Waals surface area contributed by atoms with E-state index in [0.29, 0.717) is 10.3 Å². The molecule has 2 aromatic carbocycles. The molecule has 2 unspecified atom stereocenters. The first-order chi connectivity index (χ1) is 12.5. The van der Waals surface area contributed by atoms with Gasteiger partial charge in [0.2, 0.25) is 12.1 Å². The molecule has 0 fully saturated rings. The zero-order valence-corrected chi connectivity index (χ0v) is 14.7. The molecule has 26 heavy (non-hydrogen) atoms. The Morgan fingerprint density at radius 1 is 1.19 bits per heavy atom. The summed E-state index contributed by atoms with van der Waals surface area (Å²) in [5.74, 6) is 4.11. The summed E-state index contributed by atoms with van der Waals surface area (Å²) < 4.78 is 21.2. The number of hydrogen-bond donors (Lipinski definition) is 2. The Morgan fingerprint density at radius 3 is 2.58 bits per heavy atom. The monoisotopic (exact) mass is 372 g/mol. The molecule has 3 N–H and O–H groups in total. The Kier molecular flexibility index (Phi) is 5.18. The van der Waals surface area contributed by atoms with Crippen LogP contribution >= 0.6 is 11.3 Å². The number of carboxylic acids is 1. The molecule has 1 aromatic heterocycles. The van der Waals surface area contributed by atoms with Crippen LogP contribution in [0.4, 0.5) is 4.39 Å². The molecule has 3 aromatic rings. The van der Waals surface area contributed by atoms with Crippen LogP contribution in [-0.2, 0) is 4.74 Å². The Morgan fingerprint density at radius 2 is 1.92 bits per heavy atom. The number of aromatic carboxylic acids is 1. The largest absolute Gasteiger partial charge is 0.477 e. The third kappa shape index (κ3) is 3.67. The number of nitrogens with two attached hydrogens (primary N) is 1. The van der Waals surface area contributed by atoms with Gasteiger partial charge in [0, 0.05) is 4.70 Å². The number of benzene rings is 2. The number of thiophene rings is 1. The van der Waals surface area contributed by atoms with Crippen molar-refractivity contribution in [1.29, 1.82) is 0 Å². The van der Waals surface area contributed by atoms with Gasteiger partial charge < -0.3 is 15.7 Å². The highest BCUT2D eigenvalue weighted by molar-refractivity contribution is 7.20. The smallest absolute Gasteiger partial charge is 0.345 e. The Labute approximate surface area is 153 Å². The van der Waals surface area contributed by atoms with Crippen LogP contribution in [0.2, 0.25) is 0 Å². The second-order valence-corrected chi connectivity index (χ2v) is 6.80. The maximum atomic E-state index is 14.9. The summed E-state index contributed by atoms with van der Waals surface area (Å²) in [6.07, 6.45) is -2.06. The maximum Gasteiger partial charge on any atom is 0.345 e. The minimum absolute atomic E-state index is 0.203. The average Bonchev–Trinajstić information content (AvgIpc) is 3.09. The number of rotatable bonds is 5. The summed E-state index contributed by atoms with van der Waals surface area (Å²) in [5.41, 5.74) is 1.18. The van der Waals surface area contributed by atoms with E-state index in [1.54, 1.807) is 31.2 Å². The molecule has 0 radical (unpaired) electrons. The number of nitrogens with zero attached hydrogens (tertiary/aromatic N) is 1. The first kappa shape index (κ1) is 17.9. The van der Waals surface area contributed by atoms with Crippen molar-refractivity contribution in [2.45, 2.75) is 19.2 Å². The van der Waals surface area contributed by atoms with Crippen molar-refractivity contribution in [2.75, 3.05) is 0 Å². The van der Waals surface area contributed by atoms with Crippen LogP contribution in [0.15, 0.2) is 59.7 Å². The van der Waals surface area contributed by atoms with Gasteiger partial charge in [-0.1, -0.05) is 42.5 Å².